The Morgan fingerprint density at radius 1 is 0.926 bits per heavy atom. The van der Waals surface area contributed by atoms with Gasteiger partial charge in [0.25, 0.3) is 0 Å². The maximum absolute atomic E-state index is 13.0. The van der Waals surface area contributed by atoms with Crippen molar-refractivity contribution >= 4 is 35.3 Å². The second-order valence-electron chi connectivity index (χ2n) is 8.89. The fourth-order valence-corrected chi connectivity index (χ4v) is 9.01. The summed E-state index contributed by atoms with van der Waals surface area (Å²) in [6.07, 6.45) is 7.03. The first-order valence-corrected chi connectivity index (χ1v) is 12.2. The SMILES string of the molecule is O=C(OCC(=O)C12CC3CC(CC(C3)C1)C2)c1ccc(C2SCCS2)cc1. The molecule has 1 aromatic rings. The number of esters is 1. The van der Waals surface area contributed by atoms with E-state index >= 15 is 0 Å². The van der Waals surface area contributed by atoms with Crippen molar-refractivity contribution in [2.75, 3.05) is 18.1 Å². The fraction of sp³-hybridized carbons (Fsp3) is 0.636. The van der Waals surface area contributed by atoms with Crippen molar-refractivity contribution in [3.63, 3.8) is 0 Å². The van der Waals surface area contributed by atoms with Gasteiger partial charge in [0, 0.05) is 16.9 Å². The number of hydrogen-bond acceptors (Lipinski definition) is 5. The van der Waals surface area contributed by atoms with E-state index in [9.17, 15) is 9.59 Å². The molecule has 4 saturated carbocycles. The highest BCUT2D eigenvalue weighted by atomic mass is 32.2. The molecule has 1 saturated heterocycles. The second kappa shape index (κ2) is 7.14. The van der Waals surface area contributed by atoms with Crippen LogP contribution in [-0.2, 0) is 9.53 Å². The summed E-state index contributed by atoms with van der Waals surface area (Å²) < 4.78 is 5.93. The summed E-state index contributed by atoms with van der Waals surface area (Å²) in [6.45, 7) is -0.0545. The number of ketones is 1. The van der Waals surface area contributed by atoms with Gasteiger partial charge in [0.1, 0.15) is 0 Å². The van der Waals surface area contributed by atoms with Gasteiger partial charge in [-0.2, -0.15) is 0 Å². The van der Waals surface area contributed by atoms with Crippen LogP contribution in [0.15, 0.2) is 24.3 Å². The highest BCUT2D eigenvalue weighted by Crippen LogP contribution is 2.60. The van der Waals surface area contributed by atoms with Gasteiger partial charge in [-0.15, -0.1) is 23.5 Å². The third-order valence-corrected chi connectivity index (χ3v) is 10.1. The number of rotatable bonds is 5. The molecule has 3 nitrogen and oxygen atoms in total. The second-order valence-corrected chi connectivity index (χ2v) is 11.6. The summed E-state index contributed by atoms with van der Waals surface area (Å²) in [7, 11) is 0. The van der Waals surface area contributed by atoms with Crippen LogP contribution in [0.5, 0.6) is 0 Å². The van der Waals surface area contributed by atoms with E-state index in [0.29, 0.717) is 10.1 Å². The number of hydrogen-bond donors (Lipinski definition) is 0. The maximum Gasteiger partial charge on any atom is 0.338 e. The molecule has 1 heterocycles. The lowest BCUT2D eigenvalue weighted by Gasteiger charge is -2.55. The number of carbonyl (C=O) groups excluding carboxylic acids is 2. The van der Waals surface area contributed by atoms with Gasteiger partial charge < -0.3 is 4.74 Å². The number of ether oxygens (including phenoxy) is 1. The molecule has 0 N–H and O–H groups in total. The molecule has 5 aliphatic rings. The molecule has 144 valence electrons. The first kappa shape index (κ1) is 18.1. The zero-order valence-electron chi connectivity index (χ0n) is 15.5. The van der Waals surface area contributed by atoms with E-state index < -0.39 is 0 Å². The van der Waals surface area contributed by atoms with Crippen molar-refractivity contribution < 1.29 is 14.3 Å². The molecular weight excluding hydrogens is 376 g/mol. The summed E-state index contributed by atoms with van der Waals surface area (Å²) >= 11 is 3.91. The molecule has 0 atom stereocenters. The molecule has 0 aromatic heterocycles. The first-order chi connectivity index (χ1) is 13.1. The van der Waals surface area contributed by atoms with Crippen LogP contribution in [0, 0.1) is 23.2 Å². The first-order valence-electron chi connectivity index (χ1n) is 10.1. The lowest BCUT2D eigenvalue weighted by molar-refractivity contribution is -0.147. The zero-order valence-corrected chi connectivity index (χ0v) is 17.2. The predicted molar refractivity (Wildman–Crippen MR) is 110 cm³/mol. The molecule has 0 unspecified atom stereocenters. The van der Waals surface area contributed by atoms with Crippen LogP contribution >= 0.6 is 23.5 Å². The van der Waals surface area contributed by atoms with E-state index in [4.69, 9.17) is 4.74 Å². The van der Waals surface area contributed by atoms with E-state index in [-0.39, 0.29) is 23.8 Å². The summed E-state index contributed by atoms with van der Waals surface area (Å²) in [4.78, 5) is 25.4. The molecule has 27 heavy (non-hydrogen) atoms. The maximum atomic E-state index is 13.0. The van der Waals surface area contributed by atoms with Crippen molar-refractivity contribution in [1.29, 1.82) is 0 Å². The van der Waals surface area contributed by atoms with Crippen LogP contribution in [0.4, 0.5) is 0 Å². The monoisotopic (exact) mass is 402 g/mol. The Bertz CT molecular complexity index is 701. The van der Waals surface area contributed by atoms with E-state index in [1.54, 1.807) is 0 Å². The average Bonchev–Trinajstić information content (AvgIpc) is 3.19. The van der Waals surface area contributed by atoms with Crippen LogP contribution in [0.25, 0.3) is 0 Å². The molecular formula is C22H26O3S2. The lowest BCUT2D eigenvalue weighted by atomic mass is 9.48. The van der Waals surface area contributed by atoms with Gasteiger partial charge in [0.05, 0.1) is 10.1 Å². The van der Waals surface area contributed by atoms with Crippen LogP contribution in [0.1, 0.15) is 59.0 Å². The number of carbonyl (C=O) groups is 2. The zero-order chi connectivity index (χ0) is 18.4. The van der Waals surface area contributed by atoms with Crippen molar-refractivity contribution in [2.24, 2.45) is 23.2 Å². The van der Waals surface area contributed by atoms with Crippen LogP contribution < -0.4 is 0 Å². The molecule has 5 heteroatoms. The predicted octanol–water partition coefficient (Wildman–Crippen LogP) is 5.11. The summed E-state index contributed by atoms with van der Waals surface area (Å²) in [6, 6.07) is 7.72. The Labute approximate surface area is 169 Å². The average molecular weight is 403 g/mol. The minimum atomic E-state index is -0.369. The standard InChI is InChI=1S/C22H26O3S2/c23-19(22-10-14-7-15(11-22)9-16(8-14)12-22)13-25-20(24)17-1-3-18(4-2-17)21-26-5-6-27-21/h1-4,14-16,21H,5-13H2. The Morgan fingerprint density at radius 3 is 2.04 bits per heavy atom. The van der Waals surface area contributed by atoms with Crippen LogP contribution in [-0.4, -0.2) is 29.9 Å². The van der Waals surface area contributed by atoms with Crippen molar-refractivity contribution in [2.45, 2.75) is 43.1 Å². The topological polar surface area (TPSA) is 43.4 Å². The van der Waals surface area contributed by atoms with Gasteiger partial charge in [-0.05, 0) is 74.0 Å². The third kappa shape index (κ3) is 3.46. The van der Waals surface area contributed by atoms with Crippen molar-refractivity contribution in [3.8, 4) is 0 Å². The van der Waals surface area contributed by atoms with Gasteiger partial charge in [-0.3, -0.25) is 4.79 Å². The van der Waals surface area contributed by atoms with Crippen LogP contribution in [0.3, 0.4) is 0 Å². The number of Topliss-reactive ketones (excluding diaryl/α,β-unsaturated/α-hetero) is 1. The van der Waals surface area contributed by atoms with E-state index in [1.807, 2.05) is 47.8 Å². The summed E-state index contributed by atoms with van der Waals surface area (Å²) in [5.74, 6) is 4.37. The number of benzene rings is 1. The molecule has 5 fully saturated rings. The molecule has 4 aliphatic carbocycles. The molecule has 0 radical (unpaired) electrons. The highest BCUT2D eigenvalue weighted by Gasteiger charge is 2.54. The molecule has 6 rings (SSSR count). The molecule has 0 amide bonds. The minimum Gasteiger partial charge on any atom is -0.454 e. The van der Waals surface area contributed by atoms with E-state index in [2.05, 4.69) is 0 Å². The Balaban J connectivity index is 1.20. The summed E-state index contributed by atoms with van der Waals surface area (Å²) in [5.41, 5.74) is 1.62. The van der Waals surface area contributed by atoms with Crippen LogP contribution in [0.2, 0.25) is 0 Å². The number of thioether (sulfide) groups is 2. The minimum absolute atomic E-state index is 0.0545. The molecule has 0 spiro atoms. The Morgan fingerprint density at radius 2 is 1.48 bits per heavy atom. The van der Waals surface area contributed by atoms with Gasteiger partial charge in [0.2, 0.25) is 0 Å². The van der Waals surface area contributed by atoms with E-state index in [1.165, 1.54) is 36.3 Å². The highest BCUT2D eigenvalue weighted by molar-refractivity contribution is 8.19. The molecule has 4 bridgehead atoms. The molecule has 1 aliphatic heterocycles. The Hall–Kier alpha value is -0.940. The van der Waals surface area contributed by atoms with Gasteiger partial charge in [-0.1, -0.05) is 12.1 Å². The third-order valence-electron chi connectivity index (χ3n) is 7.00. The lowest BCUT2D eigenvalue weighted by Crippen LogP contribution is -2.51. The van der Waals surface area contributed by atoms with Gasteiger partial charge in [0.15, 0.2) is 12.4 Å². The Kier molecular flexibility index (Phi) is 4.79. The van der Waals surface area contributed by atoms with Crippen molar-refractivity contribution in [1.82, 2.24) is 0 Å². The van der Waals surface area contributed by atoms with Crippen molar-refractivity contribution in [3.05, 3.63) is 35.4 Å². The fourth-order valence-electron chi connectivity index (χ4n) is 6.15. The van der Waals surface area contributed by atoms with E-state index in [0.717, 1.165) is 37.0 Å². The summed E-state index contributed by atoms with van der Waals surface area (Å²) in [5, 5.41) is 0. The largest absolute Gasteiger partial charge is 0.454 e. The normalized spacial score (nSPS) is 34.7. The van der Waals surface area contributed by atoms with Gasteiger partial charge >= 0.3 is 5.97 Å². The molecule has 1 aromatic carbocycles. The van der Waals surface area contributed by atoms with Gasteiger partial charge in [-0.25, -0.2) is 4.79 Å². The quantitative estimate of drug-likeness (QED) is 0.641. The smallest absolute Gasteiger partial charge is 0.338 e.